The molecular weight excluding hydrogens is 230 g/mol. The first-order chi connectivity index (χ1) is 9.33. The molecule has 1 heteroatoms. The summed E-state index contributed by atoms with van der Waals surface area (Å²) in [6, 6.07) is 0. The Labute approximate surface area is 123 Å². The molecule has 0 bridgehead atoms. The molecule has 0 unspecified atom stereocenters. The summed E-state index contributed by atoms with van der Waals surface area (Å²) in [5.41, 5.74) is 0. The molecule has 0 amide bonds. The van der Waals surface area contributed by atoms with Gasteiger partial charge >= 0.3 is 0 Å². The van der Waals surface area contributed by atoms with E-state index in [2.05, 4.69) is 18.8 Å². The Hall–Kier alpha value is -0.330. The van der Waals surface area contributed by atoms with Crippen LogP contribution in [0.25, 0.3) is 0 Å². The Bertz CT molecular complexity index is 136. The van der Waals surface area contributed by atoms with Gasteiger partial charge in [-0.3, -0.25) is 0 Å². The number of nitrogens with zero attached hydrogens (tertiary/aromatic N) is 1. The minimum absolute atomic E-state index is 1.37. The van der Waals surface area contributed by atoms with Crippen LogP contribution < -0.4 is 0 Å². The second-order valence-electron chi connectivity index (χ2n) is 5.41. The summed E-state index contributed by atoms with van der Waals surface area (Å²) < 4.78 is 0. The Morgan fingerprint density at radius 1 is 0.579 bits per heavy atom. The molecule has 0 aromatic carbocycles. The Morgan fingerprint density at radius 2 is 0.789 bits per heavy atom. The fourth-order valence-electron chi connectivity index (χ4n) is 2.09. The second kappa shape index (κ2) is 22.8. The summed E-state index contributed by atoms with van der Waals surface area (Å²) in [5.74, 6) is 0. The van der Waals surface area contributed by atoms with E-state index in [-0.39, 0.29) is 0 Å². The van der Waals surface area contributed by atoms with Crippen LogP contribution in [0.15, 0.2) is 4.99 Å². The Morgan fingerprint density at radius 3 is 0.947 bits per heavy atom. The first-order valence-electron chi connectivity index (χ1n) is 8.70. The molecule has 1 nitrogen and oxygen atoms in total. The molecule has 0 N–H and O–H groups in total. The number of hydrogen-bond donors (Lipinski definition) is 0. The van der Waals surface area contributed by atoms with Gasteiger partial charge in [0.2, 0.25) is 0 Å². The zero-order chi connectivity index (χ0) is 14.6. The summed E-state index contributed by atoms with van der Waals surface area (Å²) in [5, 5.41) is 0. The van der Waals surface area contributed by atoms with Crippen molar-refractivity contribution >= 4 is 6.21 Å². The van der Waals surface area contributed by atoms with Gasteiger partial charge in [-0.25, -0.2) is 0 Å². The molecule has 116 valence electrons. The van der Waals surface area contributed by atoms with E-state index in [9.17, 15) is 0 Å². The zero-order valence-corrected chi connectivity index (χ0v) is 14.2. The Balaban J connectivity index is 0. The van der Waals surface area contributed by atoms with Crippen molar-refractivity contribution < 1.29 is 0 Å². The molecule has 0 aromatic heterocycles. The normalized spacial score (nSPS) is 10.5. The van der Waals surface area contributed by atoms with E-state index in [4.69, 9.17) is 0 Å². The highest BCUT2D eigenvalue weighted by Gasteiger charge is 1.92. The van der Waals surface area contributed by atoms with Crippen LogP contribution in [0.3, 0.4) is 0 Å². The van der Waals surface area contributed by atoms with Crippen LogP contribution in [0.5, 0.6) is 0 Å². The lowest BCUT2D eigenvalue weighted by molar-refractivity contribution is 0.542. The number of rotatable bonds is 12. The maximum absolute atomic E-state index is 3.61. The van der Waals surface area contributed by atoms with Gasteiger partial charge in [0, 0.05) is 7.05 Å². The smallest absolute Gasteiger partial charge is 0.0273 e. The summed E-state index contributed by atoms with van der Waals surface area (Å²) in [4.78, 5) is 3.61. The van der Waals surface area contributed by atoms with Crippen LogP contribution in [0.4, 0.5) is 0 Å². The highest BCUT2D eigenvalue weighted by molar-refractivity contribution is 5.52. The summed E-state index contributed by atoms with van der Waals surface area (Å²) in [6.45, 7) is 6.46. The maximum Gasteiger partial charge on any atom is 0.0273 e. The molecule has 0 aliphatic rings. The molecule has 0 aliphatic heterocycles. The third-order valence-electron chi connectivity index (χ3n) is 3.47. The highest BCUT2D eigenvalue weighted by atomic mass is 14.6. The van der Waals surface area contributed by atoms with Crippen LogP contribution in [-0.4, -0.2) is 13.3 Å². The van der Waals surface area contributed by atoms with Crippen molar-refractivity contribution in [2.24, 2.45) is 4.99 Å². The lowest BCUT2D eigenvalue weighted by Crippen LogP contribution is -1.82. The topological polar surface area (TPSA) is 12.4 Å². The summed E-state index contributed by atoms with van der Waals surface area (Å²) in [7, 11) is 1.75. The highest BCUT2D eigenvalue weighted by Crippen LogP contribution is 2.12. The van der Waals surface area contributed by atoms with Crippen molar-refractivity contribution in [1.29, 1.82) is 0 Å². The molecule has 0 saturated carbocycles. The number of hydrogen-bond acceptors (Lipinski definition) is 1. The largest absolute Gasteiger partial charge is 0.301 e. The van der Waals surface area contributed by atoms with Crippen LogP contribution in [-0.2, 0) is 0 Å². The van der Waals surface area contributed by atoms with Gasteiger partial charge in [0.1, 0.15) is 0 Å². The standard InChI is InChI=1S/C15H32.C3H7N/c1-3-5-7-9-11-13-15-14-12-10-8-6-4-2;1-3-4-2/h3-15H2,1-2H3;3H,1-2H3. The minimum atomic E-state index is 1.37. The van der Waals surface area contributed by atoms with Gasteiger partial charge in [-0.15, -0.1) is 0 Å². The molecule has 0 aromatic rings. The van der Waals surface area contributed by atoms with Gasteiger partial charge in [-0.2, -0.15) is 0 Å². The quantitative estimate of drug-likeness (QED) is 0.273. The maximum atomic E-state index is 3.61. The molecule has 0 rings (SSSR count). The van der Waals surface area contributed by atoms with E-state index >= 15 is 0 Å². The average Bonchev–Trinajstić information content (AvgIpc) is 2.45. The van der Waals surface area contributed by atoms with Gasteiger partial charge in [-0.05, 0) is 13.1 Å². The van der Waals surface area contributed by atoms with Crippen molar-refractivity contribution in [2.45, 2.75) is 104 Å². The summed E-state index contributed by atoms with van der Waals surface area (Å²) >= 11 is 0. The number of unbranched alkanes of at least 4 members (excludes halogenated alkanes) is 12. The zero-order valence-electron chi connectivity index (χ0n) is 14.2. The molecule has 0 heterocycles. The van der Waals surface area contributed by atoms with E-state index in [1.807, 2.05) is 6.92 Å². The first-order valence-corrected chi connectivity index (χ1v) is 8.70. The monoisotopic (exact) mass is 269 g/mol. The fourth-order valence-corrected chi connectivity index (χ4v) is 2.09. The first kappa shape index (κ1) is 21.0. The third-order valence-corrected chi connectivity index (χ3v) is 3.47. The molecule has 0 atom stereocenters. The van der Waals surface area contributed by atoms with Crippen LogP contribution in [0.2, 0.25) is 0 Å². The van der Waals surface area contributed by atoms with Crippen molar-refractivity contribution in [1.82, 2.24) is 0 Å². The van der Waals surface area contributed by atoms with Gasteiger partial charge in [0.05, 0.1) is 0 Å². The van der Waals surface area contributed by atoms with Crippen molar-refractivity contribution in [3.63, 3.8) is 0 Å². The average molecular weight is 270 g/mol. The molecule has 19 heavy (non-hydrogen) atoms. The van der Waals surface area contributed by atoms with Crippen LogP contribution in [0, 0.1) is 0 Å². The molecular formula is C18H39N. The van der Waals surface area contributed by atoms with E-state index in [0.717, 1.165) is 0 Å². The van der Waals surface area contributed by atoms with Crippen molar-refractivity contribution in [2.75, 3.05) is 7.05 Å². The van der Waals surface area contributed by atoms with E-state index < -0.39 is 0 Å². The summed E-state index contributed by atoms with van der Waals surface area (Å²) in [6.07, 6.45) is 20.7. The van der Waals surface area contributed by atoms with Gasteiger partial charge < -0.3 is 4.99 Å². The number of aliphatic imine (C=N–C) groups is 1. The lowest BCUT2D eigenvalue weighted by Gasteiger charge is -2.01. The van der Waals surface area contributed by atoms with Gasteiger partial charge in [0.25, 0.3) is 0 Å². The molecule has 0 aliphatic carbocycles. The van der Waals surface area contributed by atoms with Crippen LogP contribution >= 0.6 is 0 Å². The molecule has 0 spiro atoms. The predicted octanol–water partition coefficient (Wildman–Crippen LogP) is 6.80. The van der Waals surface area contributed by atoms with Gasteiger partial charge in [-0.1, -0.05) is 97.3 Å². The SMILES string of the molecule is CC=NC.CCCCCCCCCCCCCCC. The third kappa shape index (κ3) is 27.0. The minimum Gasteiger partial charge on any atom is -0.301 e. The molecule has 0 fully saturated rings. The lowest BCUT2D eigenvalue weighted by atomic mass is 10.1. The van der Waals surface area contributed by atoms with E-state index in [1.165, 1.54) is 83.5 Å². The Kier molecular flexibility index (Phi) is 25.2. The van der Waals surface area contributed by atoms with Crippen molar-refractivity contribution in [3.8, 4) is 0 Å². The predicted molar refractivity (Wildman–Crippen MR) is 91.5 cm³/mol. The van der Waals surface area contributed by atoms with E-state index in [0.29, 0.717) is 0 Å². The molecule has 0 radical (unpaired) electrons. The second-order valence-corrected chi connectivity index (χ2v) is 5.41. The fraction of sp³-hybridized carbons (Fsp3) is 0.944. The van der Waals surface area contributed by atoms with E-state index in [1.54, 1.807) is 13.3 Å². The van der Waals surface area contributed by atoms with Crippen LogP contribution in [0.1, 0.15) is 104 Å². The van der Waals surface area contributed by atoms with Crippen molar-refractivity contribution in [3.05, 3.63) is 0 Å². The molecule has 0 saturated heterocycles. The van der Waals surface area contributed by atoms with Gasteiger partial charge in [0.15, 0.2) is 0 Å².